The molecule has 2 aromatic carbocycles. The highest BCUT2D eigenvalue weighted by Gasteiger charge is 2.21. The Morgan fingerprint density at radius 1 is 1.24 bits per heavy atom. The maximum Gasteiger partial charge on any atom is 0.127 e. The lowest BCUT2D eigenvalue weighted by Crippen LogP contribution is -2.15. The first-order chi connectivity index (χ1) is 10.0. The zero-order valence-corrected chi connectivity index (χ0v) is 14.0. The minimum atomic E-state index is -0.0464. The Hall–Kier alpha value is -1.32. The van der Waals surface area contributed by atoms with E-state index in [9.17, 15) is 0 Å². The predicted molar refractivity (Wildman–Crippen MR) is 89.9 cm³/mol. The van der Waals surface area contributed by atoms with E-state index in [-0.39, 0.29) is 6.04 Å². The van der Waals surface area contributed by atoms with E-state index in [0.29, 0.717) is 0 Å². The van der Waals surface area contributed by atoms with E-state index in [1.807, 2.05) is 0 Å². The molecular formula is C18H20BrNO. The van der Waals surface area contributed by atoms with Gasteiger partial charge in [0.05, 0.1) is 6.61 Å². The van der Waals surface area contributed by atoms with Gasteiger partial charge in [-0.25, -0.2) is 0 Å². The van der Waals surface area contributed by atoms with Crippen LogP contribution in [0.4, 0.5) is 0 Å². The molecule has 2 nitrogen and oxygen atoms in total. The fourth-order valence-corrected chi connectivity index (χ4v) is 3.46. The Morgan fingerprint density at radius 2 is 2.05 bits per heavy atom. The number of ether oxygens (including phenoxy) is 1. The molecule has 1 unspecified atom stereocenters. The highest BCUT2D eigenvalue weighted by Crippen LogP contribution is 2.37. The molecule has 21 heavy (non-hydrogen) atoms. The van der Waals surface area contributed by atoms with Gasteiger partial charge in [-0.2, -0.15) is 0 Å². The molecule has 110 valence electrons. The summed E-state index contributed by atoms with van der Waals surface area (Å²) in [6.45, 7) is 5.02. The van der Waals surface area contributed by atoms with Gasteiger partial charge in [0.1, 0.15) is 5.75 Å². The first-order valence-corrected chi connectivity index (χ1v) is 8.10. The first kappa shape index (κ1) is 14.6. The molecule has 0 amide bonds. The van der Waals surface area contributed by atoms with Crippen molar-refractivity contribution in [1.29, 1.82) is 0 Å². The van der Waals surface area contributed by atoms with Gasteiger partial charge in [-0.1, -0.05) is 39.7 Å². The van der Waals surface area contributed by atoms with Crippen molar-refractivity contribution >= 4 is 15.9 Å². The number of nitrogens with two attached hydrogens (primary N) is 1. The summed E-state index contributed by atoms with van der Waals surface area (Å²) in [6.07, 6.45) is 1.80. The average Bonchev–Trinajstić information content (AvgIpc) is 2.89. The number of benzene rings is 2. The zero-order valence-electron chi connectivity index (χ0n) is 12.4. The standard InChI is InChI=1S/C18H20BrNO/c1-11-3-4-12(2)14(7-11)9-17(20)16-10-15(19)8-13-5-6-21-18(13)16/h3-4,7-8,10,17H,5-6,9,20H2,1-2H3. The van der Waals surface area contributed by atoms with Crippen molar-refractivity contribution in [3.8, 4) is 5.75 Å². The van der Waals surface area contributed by atoms with Crippen molar-refractivity contribution in [2.45, 2.75) is 32.7 Å². The monoisotopic (exact) mass is 345 g/mol. The molecule has 0 saturated carbocycles. The molecule has 0 aromatic heterocycles. The van der Waals surface area contributed by atoms with Gasteiger partial charge < -0.3 is 10.5 Å². The van der Waals surface area contributed by atoms with E-state index in [4.69, 9.17) is 10.5 Å². The van der Waals surface area contributed by atoms with Crippen LogP contribution < -0.4 is 10.5 Å². The van der Waals surface area contributed by atoms with E-state index in [0.717, 1.165) is 35.2 Å². The fraction of sp³-hybridized carbons (Fsp3) is 0.333. The van der Waals surface area contributed by atoms with Crippen LogP contribution in [0.15, 0.2) is 34.8 Å². The Kier molecular flexibility index (Phi) is 4.05. The quantitative estimate of drug-likeness (QED) is 0.902. The summed E-state index contributed by atoms with van der Waals surface area (Å²) in [5.74, 6) is 0.996. The van der Waals surface area contributed by atoms with Crippen LogP contribution in [0, 0.1) is 13.8 Å². The maximum absolute atomic E-state index is 6.49. The summed E-state index contributed by atoms with van der Waals surface area (Å²) in [5, 5.41) is 0. The van der Waals surface area contributed by atoms with E-state index >= 15 is 0 Å². The molecule has 2 aromatic rings. The summed E-state index contributed by atoms with van der Waals surface area (Å²) in [6, 6.07) is 10.7. The number of aryl methyl sites for hydroxylation is 2. The van der Waals surface area contributed by atoms with Gasteiger partial charge in [0.25, 0.3) is 0 Å². The van der Waals surface area contributed by atoms with Crippen LogP contribution in [0.1, 0.15) is 33.9 Å². The highest BCUT2D eigenvalue weighted by molar-refractivity contribution is 9.10. The van der Waals surface area contributed by atoms with Crippen LogP contribution in [-0.2, 0) is 12.8 Å². The van der Waals surface area contributed by atoms with Gasteiger partial charge in [-0.15, -0.1) is 0 Å². The largest absolute Gasteiger partial charge is 0.493 e. The topological polar surface area (TPSA) is 35.2 Å². The normalized spacial score (nSPS) is 14.7. The van der Waals surface area contributed by atoms with Crippen molar-refractivity contribution in [2.24, 2.45) is 5.73 Å². The summed E-state index contributed by atoms with van der Waals surface area (Å²) >= 11 is 3.58. The Labute approximate surface area is 134 Å². The molecule has 0 spiro atoms. The van der Waals surface area contributed by atoms with Crippen LogP contribution in [0.2, 0.25) is 0 Å². The molecule has 3 heteroatoms. The summed E-state index contributed by atoms with van der Waals surface area (Å²) < 4.78 is 6.88. The second kappa shape index (κ2) is 5.82. The van der Waals surface area contributed by atoms with E-state index in [2.05, 4.69) is 60.1 Å². The molecule has 0 saturated heterocycles. The molecule has 2 N–H and O–H groups in total. The number of hydrogen-bond donors (Lipinski definition) is 1. The van der Waals surface area contributed by atoms with Crippen LogP contribution >= 0.6 is 15.9 Å². The van der Waals surface area contributed by atoms with E-state index in [1.54, 1.807) is 0 Å². The fourth-order valence-electron chi connectivity index (χ4n) is 2.94. The molecule has 1 aliphatic rings. The number of rotatable bonds is 3. The van der Waals surface area contributed by atoms with Crippen LogP contribution in [0.25, 0.3) is 0 Å². The van der Waals surface area contributed by atoms with Gasteiger partial charge in [-0.05, 0) is 49.1 Å². The van der Waals surface area contributed by atoms with Crippen molar-refractivity contribution in [3.63, 3.8) is 0 Å². The van der Waals surface area contributed by atoms with Crippen molar-refractivity contribution in [3.05, 3.63) is 62.6 Å². The van der Waals surface area contributed by atoms with E-state index in [1.165, 1.54) is 22.3 Å². The van der Waals surface area contributed by atoms with Gasteiger partial charge in [0.2, 0.25) is 0 Å². The lowest BCUT2D eigenvalue weighted by molar-refractivity contribution is 0.351. The molecule has 0 radical (unpaired) electrons. The average molecular weight is 346 g/mol. The summed E-state index contributed by atoms with van der Waals surface area (Å²) in [5.41, 5.74) is 12.7. The third kappa shape index (κ3) is 2.99. The summed E-state index contributed by atoms with van der Waals surface area (Å²) in [4.78, 5) is 0. The zero-order chi connectivity index (χ0) is 15.0. The highest BCUT2D eigenvalue weighted by atomic mass is 79.9. The Morgan fingerprint density at radius 3 is 2.86 bits per heavy atom. The maximum atomic E-state index is 6.49. The molecule has 0 fully saturated rings. The van der Waals surface area contributed by atoms with Gasteiger partial charge in [0, 0.05) is 22.5 Å². The van der Waals surface area contributed by atoms with Crippen molar-refractivity contribution in [1.82, 2.24) is 0 Å². The predicted octanol–water partition coefficient (Wildman–Crippen LogP) is 4.24. The number of halogens is 1. The minimum Gasteiger partial charge on any atom is -0.493 e. The molecular weight excluding hydrogens is 326 g/mol. The number of hydrogen-bond acceptors (Lipinski definition) is 2. The van der Waals surface area contributed by atoms with Gasteiger partial charge >= 0.3 is 0 Å². The Balaban J connectivity index is 1.92. The van der Waals surface area contributed by atoms with Crippen molar-refractivity contribution < 1.29 is 4.74 Å². The second-order valence-corrected chi connectivity index (χ2v) is 6.74. The smallest absolute Gasteiger partial charge is 0.127 e. The van der Waals surface area contributed by atoms with Gasteiger partial charge in [0.15, 0.2) is 0 Å². The lowest BCUT2D eigenvalue weighted by Gasteiger charge is -2.18. The molecule has 1 aliphatic heterocycles. The molecule has 0 bridgehead atoms. The van der Waals surface area contributed by atoms with Crippen LogP contribution in [0.5, 0.6) is 5.75 Å². The Bertz CT molecular complexity index is 681. The number of fused-ring (bicyclic) bond motifs is 1. The van der Waals surface area contributed by atoms with E-state index < -0.39 is 0 Å². The van der Waals surface area contributed by atoms with Crippen LogP contribution in [0.3, 0.4) is 0 Å². The SMILES string of the molecule is Cc1ccc(C)c(CC(N)c2cc(Br)cc3c2OCC3)c1. The molecule has 1 atom stereocenters. The molecule has 1 heterocycles. The second-order valence-electron chi connectivity index (χ2n) is 5.82. The van der Waals surface area contributed by atoms with Gasteiger partial charge in [-0.3, -0.25) is 0 Å². The molecule has 3 rings (SSSR count). The van der Waals surface area contributed by atoms with Crippen LogP contribution in [-0.4, -0.2) is 6.61 Å². The molecule has 0 aliphatic carbocycles. The lowest BCUT2D eigenvalue weighted by atomic mass is 9.94. The van der Waals surface area contributed by atoms with Crippen molar-refractivity contribution in [2.75, 3.05) is 6.61 Å². The third-order valence-corrected chi connectivity index (χ3v) is 4.58. The first-order valence-electron chi connectivity index (χ1n) is 7.31. The minimum absolute atomic E-state index is 0.0464. The third-order valence-electron chi connectivity index (χ3n) is 4.12. The summed E-state index contributed by atoms with van der Waals surface area (Å²) in [7, 11) is 0.